The molecule has 0 bridgehead atoms. The molecule has 3 aromatic rings. The zero-order valence-corrected chi connectivity index (χ0v) is 16.8. The highest BCUT2D eigenvalue weighted by Gasteiger charge is 2.24. The van der Waals surface area contributed by atoms with E-state index in [1.807, 2.05) is 52.1 Å². The lowest BCUT2D eigenvalue weighted by Crippen LogP contribution is -2.34. The van der Waals surface area contributed by atoms with Crippen LogP contribution in [-0.2, 0) is 6.54 Å². The Morgan fingerprint density at radius 3 is 2.59 bits per heavy atom. The molecular formula is C24H27N3O2. The molecule has 1 aliphatic heterocycles. The predicted octanol–water partition coefficient (Wildman–Crippen LogP) is 4.35. The third-order valence-electron chi connectivity index (χ3n) is 5.67. The highest BCUT2D eigenvalue weighted by atomic mass is 16.5. The van der Waals surface area contributed by atoms with Gasteiger partial charge in [-0.2, -0.15) is 0 Å². The maximum absolute atomic E-state index is 13.1. The number of benzene rings is 2. The number of amides is 1. The number of likely N-dealkylation sites (tertiary alicyclic amines) is 1. The predicted molar refractivity (Wildman–Crippen MR) is 113 cm³/mol. The molecular weight excluding hydrogens is 362 g/mol. The lowest BCUT2D eigenvalue weighted by Gasteiger charge is -2.25. The summed E-state index contributed by atoms with van der Waals surface area (Å²) in [6.45, 7) is 2.35. The largest absolute Gasteiger partial charge is 0.497 e. The number of nitrogens with zero attached hydrogens (tertiary/aromatic N) is 3. The normalized spacial score (nSPS) is 17.0. The van der Waals surface area contributed by atoms with Gasteiger partial charge in [0.05, 0.1) is 13.4 Å². The first-order chi connectivity index (χ1) is 14.2. The zero-order chi connectivity index (χ0) is 20.1. The van der Waals surface area contributed by atoms with E-state index in [1.54, 1.807) is 19.6 Å². The summed E-state index contributed by atoms with van der Waals surface area (Å²) in [6, 6.07) is 16.2. The molecule has 0 saturated carbocycles. The molecule has 1 fully saturated rings. The third-order valence-corrected chi connectivity index (χ3v) is 5.67. The second kappa shape index (κ2) is 8.95. The van der Waals surface area contributed by atoms with Crippen molar-refractivity contribution in [3.05, 3.63) is 83.9 Å². The quantitative estimate of drug-likeness (QED) is 0.652. The van der Waals surface area contributed by atoms with Gasteiger partial charge in [0, 0.05) is 43.5 Å². The van der Waals surface area contributed by atoms with E-state index >= 15 is 0 Å². The second-order valence-electron chi connectivity index (χ2n) is 7.65. The van der Waals surface area contributed by atoms with Crippen molar-refractivity contribution < 1.29 is 9.53 Å². The highest BCUT2D eigenvalue weighted by molar-refractivity contribution is 5.94. The molecule has 4 rings (SSSR count). The smallest absolute Gasteiger partial charge is 0.253 e. The van der Waals surface area contributed by atoms with Gasteiger partial charge in [-0.1, -0.05) is 30.7 Å². The van der Waals surface area contributed by atoms with Crippen LogP contribution in [0.1, 0.15) is 46.7 Å². The number of imidazole rings is 1. The minimum Gasteiger partial charge on any atom is -0.497 e. The Balaban J connectivity index is 1.45. The van der Waals surface area contributed by atoms with Gasteiger partial charge in [-0.3, -0.25) is 4.79 Å². The Morgan fingerprint density at radius 2 is 1.90 bits per heavy atom. The molecule has 2 heterocycles. The molecule has 0 spiro atoms. The number of hydrogen-bond donors (Lipinski definition) is 0. The van der Waals surface area contributed by atoms with Crippen LogP contribution in [0.4, 0.5) is 0 Å². The summed E-state index contributed by atoms with van der Waals surface area (Å²) in [5, 5.41) is 0. The number of ether oxygens (including phenoxy) is 1. The average molecular weight is 389 g/mol. The Kier molecular flexibility index (Phi) is 5.94. The van der Waals surface area contributed by atoms with E-state index in [0.29, 0.717) is 5.92 Å². The third kappa shape index (κ3) is 4.67. The van der Waals surface area contributed by atoms with E-state index in [2.05, 4.69) is 17.1 Å². The first-order valence-corrected chi connectivity index (χ1v) is 10.2. The summed E-state index contributed by atoms with van der Waals surface area (Å²) in [5.74, 6) is 1.36. The zero-order valence-electron chi connectivity index (χ0n) is 16.8. The molecule has 0 aliphatic carbocycles. The molecule has 2 aromatic carbocycles. The van der Waals surface area contributed by atoms with E-state index in [-0.39, 0.29) is 5.91 Å². The van der Waals surface area contributed by atoms with Crippen molar-refractivity contribution in [3.63, 3.8) is 0 Å². The molecule has 0 N–H and O–H groups in total. The summed E-state index contributed by atoms with van der Waals surface area (Å²) in [7, 11) is 1.68. The number of carbonyl (C=O) groups is 1. The van der Waals surface area contributed by atoms with Crippen LogP contribution in [-0.4, -0.2) is 40.6 Å². The van der Waals surface area contributed by atoms with Gasteiger partial charge in [0.1, 0.15) is 5.75 Å². The van der Waals surface area contributed by atoms with E-state index in [9.17, 15) is 4.79 Å². The molecule has 1 amide bonds. The van der Waals surface area contributed by atoms with E-state index < -0.39 is 0 Å². The lowest BCUT2D eigenvalue weighted by molar-refractivity contribution is 0.0754. The summed E-state index contributed by atoms with van der Waals surface area (Å²) in [5.41, 5.74) is 3.20. The first kappa shape index (κ1) is 19.2. The second-order valence-corrected chi connectivity index (χ2v) is 7.65. The molecule has 5 nitrogen and oxygen atoms in total. The first-order valence-electron chi connectivity index (χ1n) is 10.2. The molecule has 1 aromatic heterocycles. The molecule has 150 valence electrons. The molecule has 0 radical (unpaired) electrons. The Hall–Kier alpha value is -3.08. The fourth-order valence-electron chi connectivity index (χ4n) is 4.00. The van der Waals surface area contributed by atoms with Crippen molar-refractivity contribution in [2.24, 2.45) is 0 Å². The van der Waals surface area contributed by atoms with Crippen LogP contribution in [0.5, 0.6) is 5.75 Å². The maximum Gasteiger partial charge on any atom is 0.253 e. The monoisotopic (exact) mass is 389 g/mol. The van der Waals surface area contributed by atoms with Gasteiger partial charge < -0.3 is 14.2 Å². The topological polar surface area (TPSA) is 47.4 Å². The number of rotatable bonds is 5. The van der Waals surface area contributed by atoms with Gasteiger partial charge in [-0.05, 0) is 48.2 Å². The maximum atomic E-state index is 13.1. The van der Waals surface area contributed by atoms with Crippen molar-refractivity contribution in [2.75, 3.05) is 20.2 Å². The summed E-state index contributed by atoms with van der Waals surface area (Å²) in [6.07, 6.45) is 8.82. The summed E-state index contributed by atoms with van der Waals surface area (Å²) < 4.78 is 7.29. The summed E-state index contributed by atoms with van der Waals surface area (Å²) >= 11 is 0. The highest BCUT2D eigenvalue weighted by Crippen LogP contribution is 2.28. The van der Waals surface area contributed by atoms with Crippen LogP contribution >= 0.6 is 0 Å². The SMILES string of the molecule is COc1ccc(C2CCCCN(C(=O)c3ccc(Cn4ccnc4)cc3)C2)cc1. The van der Waals surface area contributed by atoms with Crippen LogP contribution in [0.15, 0.2) is 67.3 Å². The van der Waals surface area contributed by atoms with E-state index in [0.717, 1.165) is 55.8 Å². The lowest BCUT2D eigenvalue weighted by atomic mass is 9.94. The molecule has 5 heteroatoms. The van der Waals surface area contributed by atoms with Gasteiger partial charge >= 0.3 is 0 Å². The Labute approximate surface area is 171 Å². The van der Waals surface area contributed by atoms with Gasteiger partial charge in [0.25, 0.3) is 5.91 Å². The van der Waals surface area contributed by atoms with Gasteiger partial charge in [0.15, 0.2) is 0 Å². The van der Waals surface area contributed by atoms with E-state index in [1.165, 1.54) is 5.56 Å². The standard InChI is InChI=1S/C24H27N3O2/c1-29-23-11-9-20(10-12-23)22-4-2-3-14-27(17-22)24(28)21-7-5-19(6-8-21)16-26-15-13-25-18-26/h5-13,15,18,22H,2-4,14,16-17H2,1H3. The molecule has 1 aliphatic rings. The van der Waals surface area contributed by atoms with Crippen molar-refractivity contribution in [3.8, 4) is 5.75 Å². The minimum atomic E-state index is 0.125. The van der Waals surface area contributed by atoms with Gasteiger partial charge in [-0.15, -0.1) is 0 Å². The minimum absolute atomic E-state index is 0.125. The van der Waals surface area contributed by atoms with Crippen molar-refractivity contribution in [1.29, 1.82) is 0 Å². The fraction of sp³-hybridized carbons (Fsp3) is 0.333. The number of carbonyl (C=O) groups excluding carboxylic acids is 1. The van der Waals surface area contributed by atoms with Crippen molar-refractivity contribution in [2.45, 2.75) is 31.7 Å². The molecule has 1 atom stereocenters. The molecule has 29 heavy (non-hydrogen) atoms. The Morgan fingerprint density at radius 1 is 1.10 bits per heavy atom. The number of hydrogen-bond acceptors (Lipinski definition) is 3. The Bertz CT molecular complexity index is 918. The molecule has 1 unspecified atom stereocenters. The average Bonchev–Trinajstić information content (AvgIpc) is 3.15. The van der Waals surface area contributed by atoms with E-state index in [4.69, 9.17) is 4.74 Å². The van der Waals surface area contributed by atoms with Crippen LogP contribution < -0.4 is 4.74 Å². The van der Waals surface area contributed by atoms with Crippen LogP contribution in [0, 0.1) is 0 Å². The van der Waals surface area contributed by atoms with Crippen molar-refractivity contribution >= 4 is 5.91 Å². The van der Waals surface area contributed by atoms with Gasteiger partial charge in [-0.25, -0.2) is 4.98 Å². The summed E-state index contributed by atoms with van der Waals surface area (Å²) in [4.78, 5) is 19.2. The van der Waals surface area contributed by atoms with Crippen molar-refractivity contribution in [1.82, 2.24) is 14.5 Å². The number of methoxy groups -OCH3 is 1. The molecule has 1 saturated heterocycles. The van der Waals surface area contributed by atoms with Crippen LogP contribution in [0.2, 0.25) is 0 Å². The fourth-order valence-corrected chi connectivity index (χ4v) is 4.00. The van der Waals surface area contributed by atoms with Crippen LogP contribution in [0.25, 0.3) is 0 Å². The van der Waals surface area contributed by atoms with Crippen LogP contribution in [0.3, 0.4) is 0 Å². The number of aromatic nitrogens is 2. The van der Waals surface area contributed by atoms with Gasteiger partial charge in [0.2, 0.25) is 0 Å².